The average molecular weight is 711 g/mol. The molecule has 4 rings (SSSR count). The summed E-state index contributed by atoms with van der Waals surface area (Å²) in [6.07, 6.45) is -0.292. The van der Waals surface area contributed by atoms with Gasteiger partial charge in [-0.3, -0.25) is 9.59 Å². The number of carbonyl (C=O) groups is 3. The Bertz CT molecular complexity index is 1200. The number of methoxy groups -OCH3 is 1. The zero-order chi connectivity index (χ0) is 37.3. The molecule has 1 aliphatic carbocycles. The van der Waals surface area contributed by atoms with Gasteiger partial charge in [0.25, 0.3) is 0 Å². The average Bonchev–Trinajstić information content (AvgIpc) is 3.84. The molecule has 3 aliphatic heterocycles. The smallest absolute Gasteiger partial charge is 0.408 e. The molecule has 0 spiro atoms. The molecule has 3 N–H and O–H groups in total. The number of aliphatic hydroxyl groups is 1. The fraction of sp³-hybridized carbons (Fsp3) is 0.919. The van der Waals surface area contributed by atoms with Crippen molar-refractivity contribution in [2.75, 3.05) is 41.3 Å². The van der Waals surface area contributed by atoms with Crippen LogP contribution < -0.4 is 10.6 Å². The fourth-order valence-corrected chi connectivity index (χ4v) is 8.62. The van der Waals surface area contributed by atoms with E-state index in [1.54, 1.807) is 27.9 Å². The SMILES string of the molecule is CC[C@H]1OC(=O)C(C)(C)C(=O)[C@H](C)[C@@H](O[C@@H]2O[C@H](CNC3CC3)C[C@H](N(C)C)[C@H]2O)[C@](C)(OC)C[C@@H](C)CN(C)[C@H](C)[C@H]2NC(=O)O[C@@]21CC. The molecule has 288 valence electrons. The number of likely N-dealkylation sites (N-methyl/N-ethyl adjacent to an activating group) is 2. The van der Waals surface area contributed by atoms with Gasteiger partial charge in [0.2, 0.25) is 0 Å². The van der Waals surface area contributed by atoms with Gasteiger partial charge in [0.1, 0.15) is 17.6 Å². The van der Waals surface area contributed by atoms with Crippen molar-refractivity contribution in [1.82, 2.24) is 20.4 Å². The lowest BCUT2D eigenvalue weighted by atomic mass is 9.74. The highest BCUT2D eigenvalue weighted by molar-refractivity contribution is 6.04. The van der Waals surface area contributed by atoms with Crippen molar-refractivity contribution in [3.05, 3.63) is 0 Å². The summed E-state index contributed by atoms with van der Waals surface area (Å²) >= 11 is 0. The van der Waals surface area contributed by atoms with Gasteiger partial charge in [-0.25, -0.2) is 4.79 Å². The summed E-state index contributed by atoms with van der Waals surface area (Å²) in [4.78, 5) is 45.7. The zero-order valence-corrected chi connectivity index (χ0v) is 32.6. The van der Waals surface area contributed by atoms with Crippen LogP contribution in [0.25, 0.3) is 0 Å². The Hall–Kier alpha value is -1.87. The number of ether oxygens (including phenoxy) is 5. The minimum atomic E-state index is -1.59. The number of rotatable bonds is 9. The maximum absolute atomic E-state index is 14.6. The standard InChI is InChI=1S/C37H66N4O9/c1-13-27-37(14-2)29(39-34(45)50-37)23(5)41(11)20-21(3)18-36(8,46-12)31(22(4)30(43)35(6,7)33(44)48-27)49-32-28(42)26(40(9)10)17-25(47-32)19-38-24-15-16-24/h21-29,31-32,38,42H,13-20H2,1-12H3,(H,39,45)/t21-,22+,23-,25+,26+,27-,28-,29-,31-,32+,36-,37-/m1/s1. The van der Waals surface area contributed by atoms with Gasteiger partial charge in [-0.05, 0) is 93.3 Å². The molecule has 13 nitrogen and oxygen atoms in total. The van der Waals surface area contributed by atoms with Crippen molar-refractivity contribution in [2.45, 2.75) is 160 Å². The predicted molar refractivity (Wildman–Crippen MR) is 188 cm³/mol. The molecule has 3 heterocycles. The summed E-state index contributed by atoms with van der Waals surface area (Å²) in [5.41, 5.74) is -3.75. The summed E-state index contributed by atoms with van der Waals surface area (Å²) in [6, 6.07) is -0.404. The summed E-state index contributed by atoms with van der Waals surface area (Å²) in [6.45, 7) is 16.1. The van der Waals surface area contributed by atoms with Crippen LogP contribution in [0, 0.1) is 17.3 Å². The molecule has 0 radical (unpaired) electrons. The second kappa shape index (κ2) is 16.0. The number of nitrogens with zero attached hydrogens (tertiary/aromatic N) is 2. The molecule has 4 fully saturated rings. The predicted octanol–water partition coefficient (Wildman–Crippen LogP) is 3.11. The number of carbonyl (C=O) groups excluding carboxylic acids is 3. The molecule has 12 atom stereocenters. The number of nitrogens with one attached hydrogen (secondary N) is 2. The Balaban J connectivity index is 1.75. The van der Waals surface area contributed by atoms with Gasteiger partial charge in [-0.2, -0.15) is 0 Å². The number of fused-ring (bicyclic) bond motifs is 1. The van der Waals surface area contributed by atoms with Crippen LogP contribution in [-0.4, -0.2) is 140 Å². The molecular weight excluding hydrogens is 644 g/mol. The maximum Gasteiger partial charge on any atom is 0.408 e. The molecule has 1 amide bonds. The first-order valence-corrected chi connectivity index (χ1v) is 18.7. The van der Waals surface area contributed by atoms with Crippen LogP contribution in [0.1, 0.15) is 93.9 Å². The topological polar surface area (TPSA) is 148 Å². The molecule has 0 aromatic heterocycles. The van der Waals surface area contributed by atoms with E-state index in [1.165, 1.54) is 0 Å². The second-order valence-corrected chi connectivity index (χ2v) is 16.5. The summed E-state index contributed by atoms with van der Waals surface area (Å²) in [5, 5.41) is 18.2. The third-order valence-corrected chi connectivity index (χ3v) is 12.1. The molecular formula is C37H66N4O9. The van der Waals surface area contributed by atoms with E-state index in [1.807, 2.05) is 53.7 Å². The monoisotopic (exact) mass is 710 g/mol. The number of amides is 1. The van der Waals surface area contributed by atoms with Gasteiger partial charge in [0, 0.05) is 44.2 Å². The van der Waals surface area contributed by atoms with Crippen LogP contribution in [0.4, 0.5) is 4.79 Å². The Morgan fingerprint density at radius 3 is 2.32 bits per heavy atom. The molecule has 1 saturated carbocycles. The zero-order valence-electron chi connectivity index (χ0n) is 32.6. The van der Waals surface area contributed by atoms with Crippen molar-refractivity contribution >= 4 is 17.8 Å². The van der Waals surface area contributed by atoms with Gasteiger partial charge in [0.05, 0.1) is 23.9 Å². The van der Waals surface area contributed by atoms with Crippen molar-refractivity contribution in [1.29, 1.82) is 0 Å². The van der Waals surface area contributed by atoms with Gasteiger partial charge in [-0.1, -0.05) is 27.7 Å². The van der Waals surface area contributed by atoms with Crippen LogP contribution in [0.15, 0.2) is 0 Å². The van der Waals surface area contributed by atoms with E-state index in [2.05, 4.69) is 22.5 Å². The Morgan fingerprint density at radius 2 is 1.76 bits per heavy atom. The molecule has 0 aromatic rings. The van der Waals surface area contributed by atoms with Crippen molar-refractivity contribution in [3.8, 4) is 0 Å². The van der Waals surface area contributed by atoms with Crippen LogP contribution in [0.5, 0.6) is 0 Å². The molecule has 0 bridgehead atoms. The van der Waals surface area contributed by atoms with E-state index < -0.39 is 65.2 Å². The van der Waals surface area contributed by atoms with Gasteiger partial charge >= 0.3 is 12.1 Å². The van der Waals surface area contributed by atoms with Crippen molar-refractivity contribution in [2.24, 2.45) is 17.3 Å². The first-order valence-electron chi connectivity index (χ1n) is 18.7. The Labute approximate surface area is 299 Å². The van der Waals surface area contributed by atoms with Crippen LogP contribution in [0.2, 0.25) is 0 Å². The quantitative estimate of drug-likeness (QED) is 0.239. The lowest BCUT2D eigenvalue weighted by Crippen LogP contribution is -2.61. The molecule has 0 unspecified atom stereocenters. The van der Waals surface area contributed by atoms with Gasteiger partial charge in [-0.15, -0.1) is 0 Å². The molecule has 3 saturated heterocycles. The van der Waals surface area contributed by atoms with E-state index >= 15 is 0 Å². The summed E-state index contributed by atoms with van der Waals surface area (Å²) < 4.78 is 31.8. The first-order chi connectivity index (χ1) is 23.3. The van der Waals surface area contributed by atoms with Crippen LogP contribution in [-0.2, 0) is 33.3 Å². The minimum absolute atomic E-state index is 0.0371. The number of hydrogen-bond acceptors (Lipinski definition) is 12. The molecule has 0 aromatic carbocycles. The van der Waals surface area contributed by atoms with E-state index in [-0.39, 0.29) is 29.9 Å². The van der Waals surface area contributed by atoms with Crippen LogP contribution >= 0.6 is 0 Å². The van der Waals surface area contributed by atoms with Crippen molar-refractivity contribution < 1.29 is 43.2 Å². The third kappa shape index (κ3) is 8.34. The molecule has 50 heavy (non-hydrogen) atoms. The molecule has 13 heteroatoms. The molecule has 4 aliphatic rings. The maximum atomic E-state index is 14.6. The normalized spacial score (nSPS) is 42.2. The first kappa shape index (κ1) is 40.9. The van der Waals surface area contributed by atoms with Crippen molar-refractivity contribution in [3.63, 3.8) is 0 Å². The Kier molecular flexibility index (Phi) is 13.1. The van der Waals surface area contributed by atoms with E-state index in [0.717, 1.165) is 12.8 Å². The largest absolute Gasteiger partial charge is 0.457 e. The number of hydrogen-bond donors (Lipinski definition) is 3. The Morgan fingerprint density at radius 1 is 1.10 bits per heavy atom. The highest BCUT2D eigenvalue weighted by atomic mass is 16.7. The number of ketones is 1. The van der Waals surface area contributed by atoms with Gasteiger partial charge < -0.3 is 49.2 Å². The number of cyclic esters (lactones) is 1. The van der Waals surface area contributed by atoms with Gasteiger partial charge in [0.15, 0.2) is 17.7 Å². The number of alkyl carbamates (subject to hydrolysis) is 1. The lowest BCUT2D eigenvalue weighted by Gasteiger charge is -2.47. The number of esters is 1. The lowest BCUT2D eigenvalue weighted by molar-refractivity contribution is -0.297. The van der Waals surface area contributed by atoms with E-state index in [0.29, 0.717) is 44.8 Å². The second-order valence-electron chi connectivity index (χ2n) is 16.5. The van der Waals surface area contributed by atoms with E-state index in [9.17, 15) is 19.5 Å². The minimum Gasteiger partial charge on any atom is -0.457 e. The highest BCUT2D eigenvalue weighted by Crippen LogP contribution is 2.41. The summed E-state index contributed by atoms with van der Waals surface area (Å²) in [5.74, 6) is -1.92. The highest BCUT2D eigenvalue weighted by Gasteiger charge is 2.59. The van der Waals surface area contributed by atoms with E-state index in [4.69, 9.17) is 23.7 Å². The number of aliphatic hydroxyl groups excluding tert-OH is 1. The summed E-state index contributed by atoms with van der Waals surface area (Å²) in [7, 11) is 7.48. The van der Waals surface area contributed by atoms with Crippen LogP contribution in [0.3, 0.4) is 0 Å². The number of Topliss-reactive ketones (excluding diaryl/α,β-unsaturated/α-hetero) is 1. The third-order valence-electron chi connectivity index (χ3n) is 12.1. The fourth-order valence-electron chi connectivity index (χ4n) is 8.62.